The molecule has 0 saturated heterocycles. The molecular formula is C11H16Br2N2O. The first-order valence-corrected chi connectivity index (χ1v) is 6.59. The quantitative estimate of drug-likeness (QED) is 0.855. The number of likely N-dealkylation sites (N-methyl/N-ethyl adjacent to an activating group) is 1. The molecule has 0 saturated carbocycles. The number of rotatable bonds is 5. The SMILES string of the molecule is CN(C)CC(O)CNc1ccc(Br)cc1Br. The number of halogens is 2. The zero-order valence-corrected chi connectivity index (χ0v) is 12.5. The van der Waals surface area contributed by atoms with E-state index in [1.165, 1.54) is 0 Å². The molecule has 3 nitrogen and oxygen atoms in total. The highest BCUT2D eigenvalue weighted by Crippen LogP contribution is 2.25. The van der Waals surface area contributed by atoms with Crippen molar-refractivity contribution >= 4 is 37.5 Å². The second kappa shape index (κ2) is 6.59. The molecule has 2 N–H and O–H groups in total. The van der Waals surface area contributed by atoms with Crippen LogP contribution in [0.1, 0.15) is 0 Å². The average Bonchev–Trinajstić information content (AvgIpc) is 2.15. The second-order valence-corrected chi connectivity index (χ2v) is 5.69. The van der Waals surface area contributed by atoms with E-state index in [0.29, 0.717) is 13.1 Å². The summed E-state index contributed by atoms with van der Waals surface area (Å²) in [6, 6.07) is 5.91. The van der Waals surface area contributed by atoms with Crippen LogP contribution in [0, 0.1) is 0 Å². The zero-order valence-electron chi connectivity index (χ0n) is 9.37. The standard InChI is InChI=1S/C11H16Br2N2O/c1-15(2)7-9(16)6-14-11-4-3-8(12)5-10(11)13/h3-5,9,14,16H,6-7H2,1-2H3. The smallest absolute Gasteiger partial charge is 0.0838 e. The van der Waals surface area contributed by atoms with Gasteiger partial charge in [-0.15, -0.1) is 0 Å². The normalized spacial score (nSPS) is 12.9. The van der Waals surface area contributed by atoms with Gasteiger partial charge in [0.2, 0.25) is 0 Å². The van der Waals surface area contributed by atoms with E-state index in [2.05, 4.69) is 37.2 Å². The minimum absolute atomic E-state index is 0.370. The van der Waals surface area contributed by atoms with E-state index in [1.807, 2.05) is 37.2 Å². The van der Waals surface area contributed by atoms with Gasteiger partial charge in [-0.2, -0.15) is 0 Å². The van der Waals surface area contributed by atoms with E-state index >= 15 is 0 Å². The van der Waals surface area contributed by atoms with Crippen molar-refractivity contribution in [3.8, 4) is 0 Å². The van der Waals surface area contributed by atoms with Crippen LogP contribution in [0.5, 0.6) is 0 Å². The van der Waals surface area contributed by atoms with Crippen molar-refractivity contribution in [1.29, 1.82) is 0 Å². The monoisotopic (exact) mass is 350 g/mol. The van der Waals surface area contributed by atoms with Crippen LogP contribution in [0.25, 0.3) is 0 Å². The van der Waals surface area contributed by atoms with Gasteiger partial charge in [0.15, 0.2) is 0 Å². The number of hydrogen-bond acceptors (Lipinski definition) is 3. The average molecular weight is 352 g/mol. The Balaban J connectivity index is 2.48. The minimum atomic E-state index is -0.370. The maximum atomic E-state index is 9.70. The second-order valence-electron chi connectivity index (χ2n) is 3.92. The Morgan fingerprint density at radius 1 is 1.38 bits per heavy atom. The van der Waals surface area contributed by atoms with Crippen LogP contribution in [-0.2, 0) is 0 Å². The Labute approximate surface area is 113 Å². The molecule has 0 bridgehead atoms. The molecule has 1 unspecified atom stereocenters. The third-order valence-corrected chi connectivity index (χ3v) is 3.18. The topological polar surface area (TPSA) is 35.5 Å². The van der Waals surface area contributed by atoms with Crippen LogP contribution in [0.15, 0.2) is 27.1 Å². The van der Waals surface area contributed by atoms with E-state index in [9.17, 15) is 5.11 Å². The van der Waals surface area contributed by atoms with Gasteiger partial charge in [0.1, 0.15) is 0 Å². The molecule has 1 aromatic carbocycles. The van der Waals surface area contributed by atoms with Crippen LogP contribution < -0.4 is 5.32 Å². The molecule has 1 aromatic rings. The summed E-state index contributed by atoms with van der Waals surface area (Å²) >= 11 is 6.86. The number of benzene rings is 1. The molecule has 90 valence electrons. The van der Waals surface area contributed by atoms with E-state index in [0.717, 1.165) is 14.6 Å². The summed E-state index contributed by atoms with van der Waals surface area (Å²) < 4.78 is 2.01. The fourth-order valence-corrected chi connectivity index (χ4v) is 2.53. The first kappa shape index (κ1) is 14.0. The molecule has 5 heteroatoms. The van der Waals surface area contributed by atoms with Gasteiger partial charge in [-0.1, -0.05) is 15.9 Å². The number of hydrogen-bond donors (Lipinski definition) is 2. The predicted octanol–water partition coefficient (Wildman–Crippen LogP) is 2.55. The summed E-state index contributed by atoms with van der Waals surface area (Å²) in [7, 11) is 3.89. The number of anilines is 1. The number of aliphatic hydroxyl groups is 1. The predicted molar refractivity (Wildman–Crippen MR) is 74.9 cm³/mol. The lowest BCUT2D eigenvalue weighted by atomic mass is 10.3. The van der Waals surface area contributed by atoms with Gasteiger partial charge in [0, 0.05) is 27.7 Å². The molecule has 0 aliphatic rings. The first-order valence-electron chi connectivity index (χ1n) is 5.00. The Kier molecular flexibility index (Phi) is 5.75. The van der Waals surface area contributed by atoms with Crippen LogP contribution >= 0.6 is 31.9 Å². The van der Waals surface area contributed by atoms with Gasteiger partial charge in [-0.05, 0) is 48.2 Å². The van der Waals surface area contributed by atoms with Crippen LogP contribution in [0.4, 0.5) is 5.69 Å². The Morgan fingerprint density at radius 3 is 2.62 bits per heavy atom. The third-order valence-electron chi connectivity index (χ3n) is 2.04. The highest BCUT2D eigenvalue weighted by Gasteiger charge is 2.06. The van der Waals surface area contributed by atoms with Crippen molar-refractivity contribution < 1.29 is 5.11 Å². The summed E-state index contributed by atoms with van der Waals surface area (Å²) in [5.74, 6) is 0. The number of nitrogens with one attached hydrogen (secondary N) is 1. The van der Waals surface area contributed by atoms with Crippen molar-refractivity contribution in [2.45, 2.75) is 6.10 Å². The fourth-order valence-electron chi connectivity index (χ4n) is 1.35. The lowest BCUT2D eigenvalue weighted by Crippen LogP contribution is -2.31. The van der Waals surface area contributed by atoms with Gasteiger partial charge in [-0.25, -0.2) is 0 Å². The molecule has 0 amide bonds. The lowest BCUT2D eigenvalue weighted by Gasteiger charge is -2.17. The zero-order chi connectivity index (χ0) is 12.1. The van der Waals surface area contributed by atoms with Crippen molar-refractivity contribution in [2.75, 3.05) is 32.5 Å². The van der Waals surface area contributed by atoms with Crippen molar-refractivity contribution in [3.05, 3.63) is 27.1 Å². The summed E-state index contributed by atoms with van der Waals surface area (Å²) in [5, 5.41) is 12.9. The lowest BCUT2D eigenvalue weighted by molar-refractivity contribution is 0.148. The maximum Gasteiger partial charge on any atom is 0.0838 e. The Bertz CT molecular complexity index is 345. The van der Waals surface area contributed by atoms with Crippen LogP contribution in [0.3, 0.4) is 0 Å². The highest BCUT2D eigenvalue weighted by molar-refractivity contribution is 9.11. The van der Waals surface area contributed by atoms with Crippen molar-refractivity contribution in [2.24, 2.45) is 0 Å². The van der Waals surface area contributed by atoms with Gasteiger partial charge >= 0.3 is 0 Å². The van der Waals surface area contributed by atoms with Crippen molar-refractivity contribution in [1.82, 2.24) is 4.90 Å². The molecule has 16 heavy (non-hydrogen) atoms. The van der Waals surface area contributed by atoms with E-state index in [1.54, 1.807) is 0 Å². The van der Waals surface area contributed by atoms with Gasteiger partial charge < -0.3 is 15.3 Å². The van der Waals surface area contributed by atoms with Gasteiger partial charge in [0.05, 0.1) is 6.10 Å². The number of nitrogens with zero attached hydrogens (tertiary/aromatic N) is 1. The molecule has 1 atom stereocenters. The molecule has 0 heterocycles. The molecule has 0 aliphatic heterocycles. The summed E-state index contributed by atoms with van der Waals surface area (Å²) in [5.41, 5.74) is 0.987. The molecule has 0 radical (unpaired) electrons. The molecule has 0 aliphatic carbocycles. The maximum absolute atomic E-state index is 9.70. The van der Waals surface area contributed by atoms with Crippen LogP contribution in [0.2, 0.25) is 0 Å². The molecule has 0 spiro atoms. The van der Waals surface area contributed by atoms with E-state index in [-0.39, 0.29) is 6.10 Å². The largest absolute Gasteiger partial charge is 0.390 e. The first-order chi connectivity index (χ1) is 7.49. The highest BCUT2D eigenvalue weighted by atomic mass is 79.9. The molecule has 0 fully saturated rings. The summed E-state index contributed by atoms with van der Waals surface area (Å²) in [6.07, 6.45) is -0.370. The number of aliphatic hydroxyl groups excluding tert-OH is 1. The van der Waals surface area contributed by atoms with E-state index < -0.39 is 0 Å². The fraction of sp³-hybridized carbons (Fsp3) is 0.455. The van der Waals surface area contributed by atoms with Gasteiger partial charge in [-0.3, -0.25) is 0 Å². The minimum Gasteiger partial charge on any atom is -0.390 e. The Hall–Kier alpha value is -0.100. The molecule has 1 rings (SSSR count). The third kappa shape index (κ3) is 4.82. The van der Waals surface area contributed by atoms with Gasteiger partial charge in [0.25, 0.3) is 0 Å². The summed E-state index contributed by atoms with van der Waals surface area (Å²) in [6.45, 7) is 1.19. The van der Waals surface area contributed by atoms with E-state index in [4.69, 9.17) is 0 Å². The van der Waals surface area contributed by atoms with Crippen LogP contribution in [-0.4, -0.2) is 43.3 Å². The summed E-state index contributed by atoms with van der Waals surface area (Å²) in [4.78, 5) is 1.96. The van der Waals surface area contributed by atoms with Crippen molar-refractivity contribution in [3.63, 3.8) is 0 Å². The Morgan fingerprint density at radius 2 is 2.06 bits per heavy atom. The molecular weight excluding hydrogens is 336 g/mol. The molecule has 0 aromatic heterocycles.